The molecule has 96 valence electrons. The van der Waals surface area contributed by atoms with Crippen LogP contribution in [0, 0.1) is 0 Å². The van der Waals surface area contributed by atoms with Gasteiger partial charge < -0.3 is 0 Å². The lowest BCUT2D eigenvalue weighted by Gasteiger charge is -2.34. The van der Waals surface area contributed by atoms with Crippen molar-refractivity contribution in [2.24, 2.45) is 0 Å². The average Bonchev–Trinajstić information content (AvgIpc) is 2.16. The van der Waals surface area contributed by atoms with Crippen LogP contribution in [0.2, 0.25) is 0 Å². The van der Waals surface area contributed by atoms with Crippen molar-refractivity contribution in [3.05, 3.63) is 12.7 Å². The maximum Gasteiger partial charge on any atom is 0.382 e. The normalized spacial score (nSPS) is 15.1. The third kappa shape index (κ3) is 1.86. The van der Waals surface area contributed by atoms with Crippen LogP contribution >= 0.6 is 0 Å². The molecule has 0 saturated heterocycles. The predicted octanol–water partition coefficient (Wildman–Crippen LogP) is 3.68. The maximum atomic E-state index is 12.4. The molecule has 0 saturated carbocycles. The average molecular weight is 260 g/mol. The fourth-order valence-corrected chi connectivity index (χ4v) is 0.651. The summed E-state index contributed by atoms with van der Waals surface area (Å²) in [5.74, 6) is -24.5. The lowest BCUT2D eigenvalue weighted by molar-refractivity contribution is -0.357. The summed E-state index contributed by atoms with van der Waals surface area (Å²) in [7, 11) is 0. The van der Waals surface area contributed by atoms with Crippen molar-refractivity contribution < 1.29 is 39.5 Å². The lowest BCUT2D eigenvalue weighted by atomic mass is 9.99. The minimum Gasteiger partial charge on any atom is -0.244 e. The van der Waals surface area contributed by atoms with Crippen LogP contribution in [0.5, 0.6) is 0 Å². The van der Waals surface area contributed by atoms with Gasteiger partial charge in [0.25, 0.3) is 0 Å². The van der Waals surface area contributed by atoms with Crippen LogP contribution in [0.3, 0.4) is 0 Å². The summed E-state index contributed by atoms with van der Waals surface area (Å²) in [5.41, 5.74) is 0. The van der Waals surface area contributed by atoms with E-state index in [4.69, 9.17) is 0 Å². The molecule has 0 radical (unpaired) electrons. The van der Waals surface area contributed by atoms with E-state index in [1.807, 2.05) is 0 Å². The minimum absolute atomic E-state index is 0.908. The van der Waals surface area contributed by atoms with Gasteiger partial charge in [0.1, 0.15) is 0 Å². The van der Waals surface area contributed by atoms with E-state index in [0.29, 0.717) is 0 Å². The monoisotopic (exact) mass is 260 g/mol. The van der Waals surface area contributed by atoms with Gasteiger partial charge in [-0.2, -0.15) is 35.1 Å². The van der Waals surface area contributed by atoms with E-state index < -0.39 is 36.4 Å². The summed E-state index contributed by atoms with van der Waals surface area (Å²) in [5, 5.41) is 0. The fraction of sp³-hybridized carbons (Fsp3) is 0.714. The predicted molar refractivity (Wildman–Crippen MR) is 36.0 cm³/mol. The molecule has 0 fully saturated rings. The number of rotatable bonds is 5. The Morgan fingerprint density at radius 3 is 1.44 bits per heavy atom. The first-order valence-corrected chi connectivity index (χ1v) is 3.58. The Bertz CT molecular complexity index is 267. The van der Waals surface area contributed by atoms with Crippen LogP contribution in [0.4, 0.5) is 39.5 Å². The number of halogens is 9. The van der Waals surface area contributed by atoms with Crippen LogP contribution in [-0.4, -0.2) is 30.4 Å². The fourth-order valence-electron chi connectivity index (χ4n) is 0.651. The van der Waals surface area contributed by atoms with E-state index in [9.17, 15) is 39.5 Å². The summed E-state index contributed by atoms with van der Waals surface area (Å²) in [6.07, 6.45) is -0.908. The standard InChI is InChI=1S/C7H5F9/c1-2-4(9,10)6(13,14)7(15,16)5(11,12)3-8/h2H,1,3H2. The molecule has 0 unspecified atom stereocenters. The van der Waals surface area contributed by atoms with Gasteiger partial charge in [0, 0.05) is 0 Å². The van der Waals surface area contributed by atoms with E-state index in [1.54, 1.807) is 0 Å². The molecule has 0 N–H and O–H groups in total. The SMILES string of the molecule is C=CC(F)(F)C(F)(F)C(F)(F)C(F)(F)CF. The molecule has 16 heavy (non-hydrogen) atoms. The molecule has 0 aromatic carbocycles. The van der Waals surface area contributed by atoms with E-state index in [2.05, 4.69) is 6.58 Å². The largest absolute Gasteiger partial charge is 0.382 e. The molecule has 0 aromatic rings. The number of hydrogen-bond acceptors (Lipinski definition) is 0. The first-order chi connectivity index (χ1) is 6.87. The Kier molecular flexibility index (Phi) is 3.63. The molecule has 0 atom stereocenters. The van der Waals surface area contributed by atoms with Crippen molar-refractivity contribution in [1.29, 1.82) is 0 Å². The highest BCUT2D eigenvalue weighted by Gasteiger charge is 2.79. The third-order valence-electron chi connectivity index (χ3n) is 1.70. The van der Waals surface area contributed by atoms with Crippen molar-refractivity contribution in [1.82, 2.24) is 0 Å². The summed E-state index contributed by atoms with van der Waals surface area (Å²) in [6, 6.07) is 0. The van der Waals surface area contributed by atoms with Gasteiger partial charge in [-0.15, -0.1) is 0 Å². The molecule has 0 aliphatic heterocycles. The molecule has 9 heteroatoms. The van der Waals surface area contributed by atoms with Crippen molar-refractivity contribution >= 4 is 0 Å². The van der Waals surface area contributed by atoms with Crippen LogP contribution < -0.4 is 0 Å². The zero-order valence-corrected chi connectivity index (χ0v) is 7.39. The second-order valence-electron chi connectivity index (χ2n) is 2.81. The Balaban J connectivity index is 5.55. The molecule has 0 amide bonds. The second-order valence-corrected chi connectivity index (χ2v) is 2.81. The van der Waals surface area contributed by atoms with E-state index >= 15 is 0 Å². The van der Waals surface area contributed by atoms with Crippen LogP contribution in [0.1, 0.15) is 0 Å². The zero-order chi connectivity index (χ0) is 13.4. The number of allylic oxidation sites excluding steroid dienone is 1. The first kappa shape index (κ1) is 15.1. The van der Waals surface area contributed by atoms with Gasteiger partial charge in [-0.05, 0) is 6.08 Å². The van der Waals surface area contributed by atoms with E-state index in [1.165, 1.54) is 0 Å². The second kappa shape index (κ2) is 3.85. The molecule has 0 spiro atoms. The molecular weight excluding hydrogens is 255 g/mol. The highest BCUT2D eigenvalue weighted by Crippen LogP contribution is 2.52. The molecule has 0 aromatic heterocycles. The first-order valence-electron chi connectivity index (χ1n) is 3.58. The summed E-state index contributed by atoms with van der Waals surface area (Å²) in [6.45, 7) is -1.07. The van der Waals surface area contributed by atoms with Gasteiger partial charge in [-0.25, -0.2) is 4.39 Å². The van der Waals surface area contributed by atoms with Gasteiger partial charge in [0.05, 0.1) is 0 Å². The Morgan fingerprint density at radius 1 is 0.812 bits per heavy atom. The molecular formula is C7H5F9. The summed E-state index contributed by atoms with van der Waals surface area (Å²) >= 11 is 0. The quantitative estimate of drug-likeness (QED) is 0.522. The van der Waals surface area contributed by atoms with Gasteiger partial charge in [-0.1, -0.05) is 6.58 Å². The molecule has 0 nitrogen and oxygen atoms in total. The highest BCUT2D eigenvalue weighted by atomic mass is 19.4. The Labute approximate surface area is 83.7 Å². The number of hydrogen-bond donors (Lipinski definition) is 0. The smallest absolute Gasteiger partial charge is 0.244 e. The van der Waals surface area contributed by atoms with Gasteiger partial charge in [0.2, 0.25) is 0 Å². The van der Waals surface area contributed by atoms with Crippen molar-refractivity contribution in [3.63, 3.8) is 0 Å². The minimum atomic E-state index is -6.54. The van der Waals surface area contributed by atoms with Crippen LogP contribution in [0.25, 0.3) is 0 Å². The van der Waals surface area contributed by atoms with Crippen molar-refractivity contribution in [2.75, 3.05) is 6.67 Å². The molecule has 0 heterocycles. The lowest BCUT2D eigenvalue weighted by Crippen LogP contribution is -2.62. The Hall–Kier alpha value is -0.890. The third-order valence-corrected chi connectivity index (χ3v) is 1.70. The zero-order valence-electron chi connectivity index (χ0n) is 7.39. The van der Waals surface area contributed by atoms with Crippen molar-refractivity contribution in [2.45, 2.75) is 23.7 Å². The van der Waals surface area contributed by atoms with Gasteiger partial charge >= 0.3 is 23.7 Å². The summed E-state index contributed by atoms with van der Waals surface area (Å²) in [4.78, 5) is 0. The molecule has 0 aliphatic carbocycles. The molecule has 0 rings (SSSR count). The van der Waals surface area contributed by atoms with Gasteiger partial charge in [-0.3, -0.25) is 0 Å². The van der Waals surface area contributed by atoms with Crippen LogP contribution in [0.15, 0.2) is 12.7 Å². The van der Waals surface area contributed by atoms with E-state index in [0.717, 1.165) is 0 Å². The molecule has 0 bridgehead atoms. The highest BCUT2D eigenvalue weighted by molar-refractivity contribution is 5.09. The van der Waals surface area contributed by atoms with Crippen LogP contribution in [-0.2, 0) is 0 Å². The van der Waals surface area contributed by atoms with E-state index in [-0.39, 0.29) is 0 Å². The topological polar surface area (TPSA) is 0 Å². The molecule has 0 aliphatic rings. The summed E-state index contributed by atoms with van der Waals surface area (Å²) < 4.78 is 110. The maximum absolute atomic E-state index is 12.4. The van der Waals surface area contributed by atoms with Crippen molar-refractivity contribution in [3.8, 4) is 0 Å². The Morgan fingerprint density at radius 2 is 1.19 bits per heavy atom. The number of alkyl halides is 9. The van der Waals surface area contributed by atoms with Gasteiger partial charge in [0.15, 0.2) is 6.67 Å².